The lowest BCUT2D eigenvalue weighted by molar-refractivity contribution is -0.0585. The van der Waals surface area contributed by atoms with E-state index < -0.39 is 0 Å². The van der Waals surface area contributed by atoms with E-state index in [0.717, 1.165) is 34.1 Å². The van der Waals surface area contributed by atoms with Crippen molar-refractivity contribution in [1.82, 2.24) is 9.88 Å². The summed E-state index contributed by atoms with van der Waals surface area (Å²) in [4.78, 5) is 22.5. The molecule has 4 rings (SSSR count). The molecule has 2 atom stereocenters. The van der Waals surface area contributed by atoms with Crippen molar-refractivity contribution in [2.45, 2.75) is 26.1 Å². The van der Waals surface area contributed by atoms with E-state index in [2.05, 4.69) is 9.88 Å². The Morgan fingerprint density at radius 3 is 2.63 bits per heavy atom. The molecule has 0 aromatic carbocycles. The van der Waals surface area contributed by atoms with Crippen LogP contribution < -0.4 is 4.90 Å². The van der Waals surface area contributed by atoms with E-state index >= 15 is 0 Å². The number of amides is 1. The molecule has 144 valence electrons. The van der Waals surface area contributed by atoms with Gasteiger partial charge in [-0.1, -0.05) is 6.07 Å². The van der Waals surface area contributed by atoms with Gasteiger partial charge in [-0.05, 0) is 26.0 Å². The molecule has 2 aliphatic rings. The van der Waals surface area contributed by atoms with Crippen molar-refractivity contribution < 1.29 is 14.3 Å². The number of carbonyl (C=O) groups is 1. The Kier molecular flexibility index (Phi) is 5.43. The summed E-state index contributed by atoms with van der Waals surface area (Å²) in [6.07, 6.45) is 3.76. The standard InChI is InChI=1S/C20H25N3O3S/c1-14-12-23(13-15(2)26-14)19(24)18-10-17(16-4-3-5-21-11-16)20(27-18)22-6-8-25-9-7-22/h3-5,10-11,14-15H,6-9,12-13H2,1-2H3/t14-,15-/m0/s1. The number of aromatic nitrogens is 1. The highest BCUT2D eigenvalue weighted by molar-refractivity contribution is 7.18. The third-order valence-electron chi connectivity index (χ3n) is 4.90. The van der Waals surface area contributed by atoms with Crippen LogP contribution in [0.5, 0.6) is 0 Å². The Hall–Kier alpha value is -1.96. The molecular weight excluding hydrogens is 362 g/mol. The molecule has 2 fully saturated rings. The molecule has 27 heavy (non-hydrogen) atoms. The summed E-state index contributed by atoms with van der Waals surface area (Å²) >= 11 is 1.58. The first kappa shape index (κ1) is 18.4. The molecule has 7 heteroatoms. The van der Waals surface area contributed by atoms with Crippen LogP contribution in [0.2, 0.25) is 0 Å². The van der Waals surface area contributed by atoms with Gasteiger partial charge in [-0.25, -0.2) is 0 Å². The molecule has 0 N–H and O–H groups in total. The highest BCUT2D eigenvalue weighted by Gasteiger charge is 2.29. The molecule has 2 aliphatic heterocycles. The van der Waals surface area contributed by atoms with Crippen LogP contribution in [0.15, 0.2) is 30.6 Å². The lowest BCUT2D eigenvalue weighted by Gasteiger charge is -2.35. The summed E-state index contributed by atoms with van der Waals surface area (Å²) in [7, 11) is 0. The van der Waals surface area contributed by atoms with Gasteiger partial charge in [0, 0.05) is 49.7 Å². The third kappa shape index (κ3) is 4.00. The summed E-state index contributed by atoms with van der Waals surface area (Å²) in [6, 6.07) is 6.01. The predicted molar refractivity (Wildman–Crippen MR) is 106 cm³/mol. The zero-order valence-electron chi connectivity index (χ0n) is 15.8. The Balaban J connectivity index is 1.67. The molecule has 2 saturated heterocycles. The maximum atomic E-state index is 13.2. The highest BCUT2D eigenvalue weighted by Crippen LogP contribution is 2.39. The van der Waals surface area contributed by atoms with Crippen LogP contribution in [0, 0.1) is 0 Å². The summed E-state index contributed by atoms with van der Waals surface area (Å²) in [6.45, 7) is 8.42. The second kappa shape index (κ2) is 7.96. The minimum absolute atomic E-state index is 0.0640. The molecule has 4 heterocycles. The number of anilines is 1. The number of hydrogen-bond acceptors (Lipinski definition) is 6. The number of ether oxygens (including phenoxy) is 2. The Labute approximate surface area is 163 Å². The first-order valence-corrected chi connectivity index (χ1v) is 10.2. The average molecular weight is 388 g/mol. The molecule has 1 amide bonds. The fourth-order valence-electron chi connectivity index (χ4n) is 3.72. The van der Waals surface area contributed by atoms with Crippen LogP contribution in [-0.4, -0.2) is 67.4 Å². The first-order valence-electron chi connectivity index (χ1n) is 9.43. The van der Waals surface area contributed by atoms with Gasteiger partial charge in [0.25, 0.3) is 5.91 Å². The molecule has 0 unspecified atom stereocenters. The van der Waals surface area contributed by atoms with Crippen LogP contribution in [0.3, 0.4) is 0 Å². The maximum absolute atomic E-state index is 13.2. The Morgan fingerprint density at radius 1 is 1.22 bits per heavy atom. The minimum atomic E-state index is 0.0640. The number of thiophene rings is 1. The molecule has 2 aromatic rings. The smallest absolute Gasteiger partial charge is 0.264 e. The number of nitrogens with zero attached hydrogens (tertiary/aromatic N) is 3. The number of pyridine rings is 1. The quantitative estimate of drug-likeness (QED) is 0.811. The van der Waals surface area contributed by atoms with Gasteiger partial charge in [0.05, 0.1) is 35.3 Å². The second-order valence-electron chi connectivity index (χ2n) is 7.14. The van der Waals surface area contributed by atoms with Gasteiger partial charge < -0.3 is 19.3 Å². The summed E-state index contributed by atoms with van der Waals surface area (Å²) < 4.78 is 11.3. The topological polar surface area (TPSA) is 54.9 Å². The van der Waals surface area contributed by atoms with E-state index in [1.165, 1.54) is 0 Å². The number of carbonyl (C=O) groups excluding carboxylic acids is 1. The van der Waals surface area contributed by atoms with E-state index in [9.17, 15) is 4.79 Å². The molecule has 0 aliphatic carbocycles. The summed E-state index contributed by atoms with van der Waals surface area (Å²) in [5, 5.41) is 1.13. The SMILES string of the molecule is C[C@H]1CN(C(=O)c2cc(-c3cccnc3)c(N3CCOCC3)s2)C[C@H](C)O1. The van der Waals surface area contributed by atoms with Gasteiger partial charge in [-0.2, -0.15) is 0 Å². The zero-order chi connectivity index (χ0) is 18.8. The van der Waals surface area contributed by atoms with Crippen LogP contribution >= 0.6 is 11.3 Å². The zero-order valence-corrected chi connectivity index (χ0v) is 16.6. The maximum Gasteiger partial charge on any atom is 0.264 e. The van der Waals surface area contributed by atoms with Crippen molar-refractivity contribution in [3.05, 3.63) is 35.5 Å². The minimum Gasteiger partial charge on any atom is -0.378 e. The molecule has 0 bridgehead atoms. The molecular formula is C20H25N3O3S. The largest absolute Gasteiger partial charge is 0.378 e. The average Bonchev–Trinajstić information content (AvgIpc) is 3.13. The molecule has 0 spiro atoms. The van der Waals surface area contributed by atoms with E-state index in [-0.39, 0.29) is 18.1 Å². The van der Waals surface area contributed by atoms with Crippen LogP contribution in [-0.2, 0) is 9.47 Å². The van der Waals surface area contributed by atoms with Crippen molar-refractivity contribution in [2.75, 3.05) is 44.3 Å². The second-order valence-corrected chi connectivity index (χ2v) is 8.17. The Morgan fingerprint density at radius 2 is 1.96 bits per heavy atom. The van der Waals surface area contributed by atoms with Crippen molar-refractivity contribution in [2.24, 2.45) is 0 Å². The van der Waals surface area contributed by atoms with Crippen LogP contribution in [0.25, 0.3) is 11.1 Å². The number of hydrogen-bond donors (Lipinski definition) is 0. The molecule has 2 aromatic heterocycles. The van der Waals surface area contributed by atoms with Crippen LogP contribution in [0.4, 0.5) is 5.00 Å². The molecule has 0 radical (unpaired) electrons. The normalized spacial score (nSPS) is 23.5. The fourth-order valence-corrected chi connectivity index (χ4v) is 4.92. The molecule has 0 saturated carbocycles. The lowest BCUT2D eigenvalue weighted by atomic mass is 10.1. The van der Waals surface area contributed by atoms with Gasteiger partial charge in [0.15, 0.2) is 0 Å². The van der Waals surface area contributed by atoms with Crippen molar-refractivity contribution in [3.8, 4) is 11.1 Å². The summed E-state index contributed by atoms with van der Waals surface area (Å²) in [5.74, 6) is 0.0895. The lowest BCUT2D eigenvalue weighted by Crippen LogP contribution is -2.48. The Bertz CT molecular complexity index is 779. The molecule has 6 nitrogen and oxygen atoms in total. The fraction of sp³-hybridized carbons (Fsp3) is 0.500. The first-order chi connectivity index (χ1) is 13.1. The van der Waals surface area contributed by atoms with Gasteiger partial charge in [-0.15, -0.1) is 11.3 Å². The highest BCUT2D eigenvalue weighted by atomic mass is 32.1. The number of morpholine rings is 2. The van der Waals surface area contributed by atoms with Crippen molar-refractivity contribution in [1.29, 1.82) is 0 Å². The number of rotatable bonds is 3. The summed E-state index contributed by atoms with van der Waals surface area (Å²) in [5.41, 5.74) is 2.12. The van der Waals surface area contributed by atoms with Gasteiger partial charge in [0.2, 0.25) is 0 Å². The predicted octanol–water partition coefficient (Wildman–Crippen LogP) is 2.90. The van der Waals surface area contributed by atoms with Crippen molar-refractivity contribution >= 4 is 22.2 Å². The van der Waals surface area contributed by atoms with Crippen LogP contribution in [0.1, 0.15) is 23.5 Å². The van der Waals surface area contributed by atoms with Crippen molar-refractivity contribution in [3.63, 3.8) is 0 Å². The van der Waals surface area contributed by atoms with Gasteiger partial charge in [-0.3, -0.25) is 9.78 Å². The van der Waals surface area contributed by atoms with Gasteiger partial charge in [0.1, 0.15) is 0 Å². The van der Waals surface area contributed by atoms with E-state index in [1.54, 1.807) is 17.5 Å². The van der Waals surface area contributed by atoms with Gasteiger partial charge >= 0.3 is 0 Å². The monoisotopic (exact) mass is 387 g/mol. The van der Waals surface area contributed by atoms with E-state index in [1.807, 2.05) is 43.1 Å². The van der Waals surface area contributed by atoms with E-state index in [0.29, 0.717) is 26.3 Å². The third-order valence-corrected chi connectivity index (χ3v) is 6.08. The van der Waals surface area contributed by atoms with E-state index in [4.69, 9.17) is 9.47 Å².